The van der Waals surface area contributed by atoms with Crippen LogP contribution in [-0.2, 0) is 18.4 Å². The van der Waals surface area contributed by atoms with Crippen LogP contribution in [0.5, 0.6) is 0 Å². The highest BCUT2D eigenvalue weighted by molar-refractivity contribution is 6.30. The monoisotopic (exact) mass is 365 g/mol. The van der Waals surface area contributed by atoms with E-state index in [9.17, 15) is 9.59 Å². The first-order valence-electron chi connectivity index (χ1n) is 8.16. The molecule has 26 heavy (non-hydrogen) atoms. The topological polar surface area (TPSA) is 54.3 Å². The van der Waals surface area contributed by atoms with Gasteiger partial charge in [-0.1, -0.05) is 41.9 Å². The van der Waals surface area contributed by atoms with Crippen molar-refractivity contribution in [3.63, 3.8) is 0 Å². The Balaban J connectivity index is 1.64. The number of amides is 3. The van der Waals surface area contributed by atoms with E-state index in [-0.39, 0.29) is 18.1 Å². The van der Waals surface area contributed by atoms with Crippen LogP contribution in [0.25, 0.3) is 17.0 Å². The maximum Gasteiger partial charge on any atom is 0.329 e. The lowest BCUT2D eigenvalue weighted by atomic mass is 10.1. The van der Waals surface area contributed by atoms with Crippen molar-refractivity contribution in [2.24, 2.45) is 7.05 Å². The predicted octanol–water partition coefficient (Wildman–Crippen LogP) is 3.92. The second-order valence-electron chi connectivity index (χ2n) is 6.22. The van der Waals surface area contributed by atoms with Gasteiger partial charge in [0.25, 0.3) is 5.91 Å². The SMILES string of the molecule is Cn1cc(C=C2NC(=O)N(Cc3ccc(Cl)cc3)C2=O)c2ccccc21. The quantitative estimate of drug-likeness (QED) is 0.565. The number of carbonyl (C=O) groups excluding carboxylic acids is 2. The van der Waals surface area contributed by atoms with Gasteiger partial charge in [-0.3, -0.25) is 9.69 Å². The summed E-state index contributed by atoms with van der Waals surface area (Å²) in [6.07, 6.45) is 3.67. The number of nitrogens with zero attached hydrogens (tertiary/aromatic N) is 2. The van der Waals surface area contributed by atoms with Gasteiger partial charge in [-0.25, -0.2) is 4.79 Å². The van der Waals surface area contributed by atoms with E-state index in [0.717, 1.165) is 22.0 Å². The van der Waals surface area contributed by atoms with Crippen molar-refractivity contribution in [3.8, 4) is 0 Å². The molecule has 2 heterocycles. The molecule has 6 heteroatoms. The van der Waals surface area contributed by atoms with Gasteiger partial charge in [0.05, 0.1) is 6.54 Å². The van der Waals surface area contributed by atoms with Crippen LogP contribution in [0.3, 0.4) is 0 Å². The second kappa shape index (κ2) is 6.35. The summed E-state index contributed by atoms with van der Waals surface area (Å²) in [6.45, 7) is 0.203. The summed E-state index contributed by atoms with van der Waals surface area (Å²) in [7, 11) is 1.95. The third-order valence-corrected chi connectivity index (χ3v) is 4.70. The van der Waals surface area contributed by atoms with Crippen LogP contribution >= 0.6 is 11.6 Å². The number of aryl methyl sites for hydroxylation is 1. The molecule has 0 spiro atoms. The van der Waals surface area contributed by atoms with Crippen LogP contribution in [0.4, 0.5) is 4.79 Å². The maximum absolute atomic E-state index is 12.7. The number of rotatable bonds is 3. The van der Waals surface area contributed by atoms with Gasteiger partial charge < -0.3 is 9.88 Å². The fourth-order valence-electron chi connectivity index (χ4n) is 3.13. The van der Waals surface area contributed by atoms with Crippen molar-refractivity contribution in [2.75, 3.05) is 0 Å². The van der Waals surface area contributed by atoms with E-state index in [1.807, 2.05) is 42.1 Å². The van der Waals surface area contributed by atoms with Gasteiger partial charge in [-0.2, -0.15) is 0 Å². The Hall–Kier alpha value is -3.05. The first-order chi connectivity index (χ1) is 12.5. The molecule has 0 aliphatic carbocycles. The van der Waals surface area contributed by atoms with Crippen molar-refractivity contribution < 1.29 is 9.59 Å². The molecule has 2 aromatic carbocycles. The molecule has 0 atom stereocenters. The number of fused-ring (bicyclic) bond motifs is 1. The Morgan fingerprint density at radius 1 is 1.08 bits per heavy atom. The lowest BCUT2D eigenvalue weighted by molar-refractivity contribution is -0.123. The molecule has 3 aromatic rings. The average Bonchev–Trinajstić information content (AvgIpc) is 3.09. The van der Waals surface area contributed by atoms with Crippen LogP contribution in [0.15, 0.2) is 60.4 Å². The smallest absolute Gasteiger partial charge is 0.329 e. The summed E-state index contributed by atoms with van der Waals surface area (Å²) >= 11 is 5.88. The van der Waals surface area contributed by atoms with Crippen LogP contribution in [0.1, 0.15) is 11.1 Å². The number of hydrogen-bond acceptors (Lipinski definition) is 2. The van der Waals surface area contributed by atoms with E-state index in [1.165, 1.54) is 4.90 Å². The van der Waals surface area contributed by atoms with E-state index in [0.29, 0.717) is 5.02 Å². The van der Waals surface area contributed by atoms with Gasteiger partial charge in [-0.05, 0) is 29.8 Å². The van der Waals surface area contributed by atoms with Gasteiger partial charge in [-0.15, -0.1) is 0 Å². The third-order valence-electron chi connectivity index (χ3n) is 4.44. The molecule has 1 aliphatic rings. The molecule has 3 amide bonds. The van der Waals surface area contributed by atoms with Gasteiger partial charge in [0.2, 0.25) is 0 Å². The summed E-state index contributed by atoms with van der Waals surface area (Å²) < 4.78 is 1.99. The molecule has 1 aliphatic heterocycles. The Bertz CT molecular complexity index is 1050. The van der Waals surface area contributed by atoms with Crippen molar-refractivity contribution in [2.45, 2.75) is 6.54 Å². The maximum atomic E-state index is 12.7. The fraction of sp³-hybridized carbons (Fsp3) is 0.100. The minimum atomic E-state index is -0.420. The summed E-state index contributed by atoms with van der Waals surface area (Å²) in [6, 6.07) is 14.6. The molecule has 130 valence electrons. The molecule has 1 fully saturated rings. The minimum absolute atomic E-state index is 0.203. The first-order valence-corrected chi connectivity index (χ1v) is 8.54. The van der Waals surface area contributed by atoms with Crippen molar-refractivity contribution in [3.05, 3.63) is 76.6 Å². The van der Waals surface area contributed by atoms with E-state index in [4.69, 9.17) is 11.6 Å². The highest BCUT2D eigenvalue weighted by Crippen LogP contribution is 2.24. The van der Waals surface area contributed by atoms with Gasteiger partial charge in [0.15, 0.2) is 0 Å². The number of para-hydroxylation sites is 1. The molecule has 0 saturated carbocycles. The highest BCUT2D eigenvalue weighted by atomic mass is 35.5. The molecule has 4 rings (SSSR count). The van der Waals surface area contributed by atoms with Crippen LogP contribution in [-0.4, -0.2) is 21.4 Å². The third kappa shape index (κ3) is 2.86. The number of aromatic nitrogens is 1. The van der Waals surface area contributed by atoms with Crippen molar-refractivity contribution in [1.82, 2.24) is 14.8 Å². The number of halogens is 1. The molecule has 5 nitrogen and oxygen atoms in total. The minimum Gasteiger partial charge on any atom is -0.350 e. The first kappa shape index (κ1) is 16.4. The number of imide groups is 1. The zero-order chi connectivity index (χ0) is 18.3. The van der Waals surface area contributed by atoms with Crippen LogP contribution in [0, 0.1) is 0 Å². The summed E-state index contributed by atoms with van der Waals surface area (Å²) in [5, 5.41) is 4.31. The van der Waals surface area contributed by atoms with E-state index >= 15 is 0 Å². The molecule has 1 aromatic heterocycles. The molecule has 0 bridgehead atoms. The predicted molar refractivity (Wildman–Crippen MR) is 101 cm³/mol. The standard InChI is InChI=1S/C20H16ClN3O2/c1-23-12-14(16-4-2-3-5-18(16)23)10-17-19(25)24(20(26)22-17)11-13-6-8-15(21)9-7-13/h2-10,12H,11H2,1H3,(H,22,26). The Morgan fingerprint density at radius 2 is 1.81 bits per heavy atom. The van der Waals surface area contributed by atoms with Gasteiger partial charge in [0.1, 0.15) is 5.70 Å². The molecule has 0 unspecified atom stereocenters. The van der Waals surface area contributed by atoms with Gasteiger partial charge in [0, 0.05) is 34.7 Å². The van der Waals surface area contributed by atoms with Crippen LogP contribution in [0.2, 0.25) is 5.02 Å². The number of benzene rings is 2. The Kier molecular flexibility index (Phi) is 4.01. The summed E-state index contributed by atoms with van der Waals surface area (Å²) in [5.41, 5.74) is 3.07. The zero-order valence-corrected chi connectivity index (χ0v) is 14.8. The average molecular weight is 366 g/mol. The highest BCUT2D eigenvalue weighted by Gasteiger charge is 2.33. The van der Waals surface area contributed by atoms with E-state index in [2.05, 4.69) is 5.32 Å². The number of hydrogen-bond donors (Lipinski definition) is 1. The fourth-order valence-corrected chi connectivity index (χ4v) is 3.26. The molecule has 1 saturated heterocycles. The zero-order valence-electron chi connectivity index (χ0n) is 14.1. The number of nitrogens with one attached hydrogen (secondary N) is 1. The molecule has 1 N–H and O–H groups in total. The molecular formula is C20H16ClN3O2. The molecule has 0 radical (unpaired) electrons. The normalized spacial score (nSPS) is 15.9. The van der Waals surface area contributed by atoms with E-state index in [1.54, 1.807) is 30.3 Å². The van der Waals surface area contributed by atoms with Crippen molar-refractivity contribution in [1.29, 1.82) is 0 Å². The lowest BCUT2D eigenvalue weighted by Crippen LogP contribution is -2.30. The largest absolute Gasteiger partial charge is 0.350 e. The Morgan fingerprint density at radius 3 is 2.58 bits per heavy atom. The van der Waals surface area contributed by atoms with Gasteiger partial charge >= 0.3 is 6.03 Å². The number of urea groups is 1. The Labute approximate surface area is 155 Å². The van der Waals surface area contributed by atoms with Crippen molar-refractivity contribution >= 4 is 40.5 Å². The summed E-state index contributed by atoms with van der Waals surface area (Å²) in [4.78, 5) is 26.1. The lowest BCUT2D eigenvalue weighted by Gasteiger charge is -2.11. The molecular weight excluding hydrogens is 350 g/mol. The van der Waals surface area contributed by atoms with E-state index < -0.39 is 6.03 Å². The summed E-state index contributed by atoms with van der Waals surface area (Å²) in [5.74, 6) is -0.335. The second-order valence-corrected chi connectivity index (χ2v) is 6.65. The van der Waals surface area contributed by atoms with Crippen LogP contribution < -0.4 is 5.32 Å². The number of carbonyl (C=O) groups is 2.